The third-order valence-electron chi connectivity index (χ3n) is 2.69. The average Bonchev–Trinajstić information content (AvgIpc) is 2.61. The highest BCUT2D eigenvalue weighted by atomic mass is 79.9. The second-order valence-electron chi connectivity index (χ2n) is 3.66. The number of nitrogens with two attached hydrogens (primary N) is 1. The smallest absolute Gasteiger partial charge is 0.0950 e. The predicted molar refractivity (Wildman–Crippen MR) is 63.9 cm³/mol. The lowest BCUT2D eigenvalue weighted by Crippen LogP contribution is -2.17. The second-order valence-corrected chi connectivity index (χ2v) is 4.57. The van der Waals surface area contributed by atoms with Crippen LogP contribution >= 0.6 is 15.9 Å². The first-order chi connectivity index (χ1) is 7.22. The fourth-order valence-corrected chi connectivity index (χ4v) is 2.20. The van der Waals surface area contributed by atoms with Crippen molar-refractivity contribution in [1.29, 1.82) is 5.26 Å². The van der Waals surface area contributed by atoms with Crippen molar-refractivity contribution in [3.63, 3.8) is 0 Å². The molecule has 0 fully saturated rings. The minimum Gasteiger partial charge on any atom is -0.324 e. The van der Waals surface area contributed by atoms with Crippen molar-refractivity contribution in [1.82, 2.24) is 0 Å². The SMILES string of the molecule is N#CC1=C(c2ccc(Br)cc2)C(N)CC1. The van der Waals surface area contributed by atoms with Gasteiger partial charge in [-0.25, -0.2) is 0 Å². The van der Waals surface area contributed by atoms with Crippen LogP contribution in [0.15, 0.2) is 34.3 Å². The molecule has 1 unspecified atom stereocenters. The number of halogens is 1. The molecule has 0 saturated carbocycles. The summed E-state index contributed by atoms with van der Waals surface area (Å²) in [6, 6.07) is 10.2. The maximum Gasteiger partial charge on any atom is 0.0950 e. The average molecular weight is 263 g/mol. The molecule has 1 atom stereocenters. The van der Waals surface area contributed by atoms with E-state index in [0.717, 1.165) is 34.0 Å². The van der Waals surface area contributed by atoms with Gasteiger partial charge in [-0.05, 0) is 36.1 Å². The van der Waals surface area contributed by atoms with Crippen molar-refractivity contribution < 1.29 is 0 Å². The van der Waals surface area contributed by atoms with Crippen molar-refractivity contribution in [2.75, 3.05) is 0 Å². The van der Waals surface area contributed by atoms with Gasteiger partial charge in [-0.1, -0.05) is 28.1 Å². The van der Waals surface area contributed by atoms with Crippen molar-refractivity contribution in [3.8, 4) is 6.07 Å². The van der Waals surface area contributed by atoms with Crippen molar-refractivity contribution >= 4 is 21.5 Å². The summed E-state index contributed by atoms with van der Waals surface area (Å²) >= 11 is 3.39. The van der Waals surface area contributed by atoms with Crippen LogP contribution in [0.1, 0.15) is 18.4 Å². The minimum absolute atomic E-state index is 0.0147. The zero-order valence-corrected chi connectivity index (χ0v) is 9.79. The molecule has 1 aromatic rings. The normalized spacial score (nSPS) is 20.5. The van der Waals surface area contributed by atoms with E-state index in [9.17, 15) is 0 Å². The van der Waals surface area contributed by atoms with E-state index < -0.39 is 0 Å². The first-order valence-corrected chi connectivity index (χ1v) is 5.66. The van der Waals surface area contributed by atoms with Gasteiger partial charge in [0.05, 0.1) is 6.07 Å². The van der Waals surface area contributed by atoms with Gasteiger partial charge in [0.25, 0.3) is 0 Å². The monoisotopic (exact) mass is 262 g/mol. The molecule has 2 nitrogen and oxygen atoms in total. The van der Waals surface area contributed by atoms with E-state index in [1.807, 2.05) is 24.3 Å². The summed E-state index contributed by atoms with van der Waals surface area (Å²) in [7, 11) is 0. The quantitative estimate of drug-likeness (QED) is 0.846. The van der Waals surface area contributed by atoms with Crippen molar-refractivity contribution in [2.45, 2.75) is 18.9 Å². The van der Waals surface area contributed by atoms with E-state index in [1.165, 1.54) is 0 Å². The summed E-state index contributed by atoms with van der Waals surface area (Å²) in [5, 5.41) is 9.00. The number of benzene rings is 1. The van der Waals surface area contributed by atoms with Crippen LogP contribution in [0, 0.1) is 11.3 Å². The standard InChI is InChI=1S/C12H11BrN2/c13-10-4-1-8(2-5-10)12-9(7-14)3-6-11(12)15/h1-2,4-5,11H,3,6,15H2. The van der Waals surface area contributed by atoms with Gasteiger partial charge >= 0.3 is 0 Å². The number of hydrogen-bond donors (Lipinski definition) is 1. The van der Waals surface area contributed by atoms with Gasteiger partial charge in [0.1, 0.15) is 0 Å². The van der Waals surface area contributed by atoms with Gasteiger partial charge in [-0.3, -0.25) is 0 Å². The van der Waals surface area contributed by atoms with Crippen LogP contribution in [0.3, 0.4) is 0 Å². The Morgan fingerprint density at radius 1 is 1.33 bits per heavy atom. The first kappa shape index (κ1) is 10.4. The summed E-state index contributed by atoms with van der Waals surface area (Å²) in [5.74, 6) is 0. The van der Waals surface area contributed by atoms with E-state index in [0.29, 0.717) is 0 Å². The molecule has 0 heterocycles. The Morgan fingerprint density at radius 3 is 2.60 bits per heavy atom. The molecule has 0 amide bonds. The summed E-state index contributed by atoms with van der Waals surface area (Å²) in [5.41, 5.74) is 8.92. The topological polar surface area (TPSA) is 49.8 Å². The van der Waals surface area contributed by atoms with Crippen LogP contribution in [0.5, 0.6) is 0 Å². The molecule has 0 spiro atoms. The molecule has 2 N–H and O–H groups in total. The zero-order valence-electron chi connectivity index (χ0n) is 8.20. The Hall–Kier alpha value is -1.11. The maximum absolute atomic E-state index is 9.00. The minimum atomic E-state index is 0.0147. The summed E-state index contributed by atoms with van der Waals surface area (Å²) in [4.78, 5) is 0. The first-order valence-electron chi connectivity index (χ1n) is 4.87. The van der Waals surface area contributed by atoms with Crippen molar-refractivity contribution in [3.05, 3.63) is 39.9 Å². The van der Waals surface area contributed by atoms with Crippen LogP contribution in [0.4, 0.5) is 0 Å². The zero-order chi connectivity index (χ0) is 10.8. The Balaban J connectivity index is 2.46. The third kappa shape index (κ3) is 1.97. The Labute approximate surface area is 97.5 Å². The highest BCUT2D eigenvalue weighted by Gasteiger charge is 2.23. The molecular formula is C12H11BrN2. The molecule has 1 aliphatic rings. The van der Waals surface area contributed by atoms with Gasteiger partial charge < -0.3 is 5.73 Å². The fraction of sp³-hybridized carbons (Fsp3) is 0.250. The van der Waals surface area contributed by atoms with Gasteiger partial charge in [0.15, 0.2) is 0 Å². The predicted octanol–water partition coefficient (Wildman–Crippen LogP) is 2.85. The van der Waals surface area contributed by atoms with Gasteiger partial charge in [0.2, 0.25) is 0 Å². The summed E-state index contributed by atoms with van der Waals surface area (Å²) < 4.78 is 1.04. The molecule has 0 saturated heterocycles. The molecule has 15 heavy (non-hydrogen) atoms. The molecule has 2 rings (SSSR count). The van der Waals surface area contributed by atoms with Crippen molar-refractivity contribution in [2.24, 2.45) is 5.73 Å². The summed E-state index contributed by atoms with van der Waals surface area (Å²) in [6.07, 6.45) is 1.69. The van der Waals surface area contributed by atoms with Gasteiger partial charge in [0, 0.05) is 16.1 Å². The second kappa shape index (κ2) is 4.18. The molecule has 0 aliphatic heterocycles. The van der Waals surface area contributed by atoms with E-state index in [4.69, 9.17) is 11.0 Å². The van der Waals surface area contributed by atoms with E-state index in [1.54, 1.807) is 0 Å². The molecule has 0 bridgehead atoms. The van der Waals surface area contributed by atoms with E-state index >= 15 is 0 Å². The van der Waals surface area contributed by atoms with Gasteiger partial charge in [-0.2, -0.15) is 5.26 Å². The molecule has 1 aromatic carbocycles. The molecule has 0 radical (unpaired) electrons. The molecule has 3 heteroatoms. The molecule has 0 aromatic heterocycles. The third-order valence-corrected chi connectivity index (χ3v) is 3.22. The van der Waals surface area contributed by atoms with E-state index in [-0.39, 0.29) is 6.04 Å². The lowest BCUT2D eigenvalue weighted by Gasteiger charge is -2.09. The van der Waals surface area contributed by atoms with Gasteiger partial charge in [-0.15, -0.1) is 0 Å². The summed E-state index contributed by atoms with van der Waals surface area (Å²) in [6.45, 7) is 0. The van der Waals surface area contributed by atoms with Crippen LogP contribution in [-0.2, 0) is 0 Å². The number of nitriles is 1. The van der Waals surface area contributed by atoms with Crippen LogP contribution in [0.2, 0.25) is 0 Å². The molecule has 76 valence electrons. The maximum atomic E-state index is 9.00. The van der Waals surface area contributed by atoms with Crippen LogP contribution in [0.25, 0.3) is 5.57 Å². The number of nitrogens with zero attached hydrogens (tertiary/aromatic N) is 1. The highest BCUT2D eigenvalue weighted by molar-refractivity contribution is 9.10. The van der Waals surface area contributed by atoms with E-state index in [2.05, 4.69) is 22.0 Å². The number of allylic oxidation sites excluding steroid dienone is 1. The van der Waals surface area contributed by atoms with Crippen LogP contribution in [-0.4, -0.2) is 6.04 Å². The fourth-order valence-electron chi connectivity index (χ4n) is 1.94. The number of hydrogen-bond acceptors (Lipinski definition) is 2. The highest BCUT2D eigenvalue weighted by Crippen LogP contribution is 2.33. The Kier molecular flexibility index (Phi) is 2.90. The molecule has 1 aliphatic carbocycles. The largest absolute Gasteiger partial charge is 0.324 e. The number of rotatable bonds is 1. The van der Waals surface area contributed by atoms with Crippen LogP contribution < -0.4 is 5.73 Å². The lowest BCUT2D eigenvalue weighted by atomic mass is 10.00. The Bertz CT molecular complexity index is 440. The Morgan fingerprint density at radius 2 is 2.00 bits per heavy atom. The lowest BCUT2D eigenvalue weighted by molar-refractivity contribution is 0.786. The molecular weight excluding hydrogens is 252 g/mol.